The number of aromatic nitrogens is 3. The van der Waals surface area contributed by atoms with Gasteiger partial charge in [0.15, 0.2) is 5.65 Å². The summed E-state index contributed by atoms with van der Waals surface area (Å²) in [6, 6.07) is 15.0. The molecule has 2 N–H and O–H groups in total. The maximum absolute atomic E-state index is 4.80. The lowest BCUT2D eigenvalue weighted by molar-refractivity contribution is 0.341. The van der Waals surface area contributed by atoms with E-state index >= 15 is 0 Å². The molecule has 1 aliphatic heterocycles. The third-order valence-corrected chi connectivity index (χ3v) is 5.48. The quantitative estimate of drug-likeness (QED) is 0.779. The normalized spacial score (nSPS) is 25.9. The third-order valence-electron chi connectivity index (χ3n) is 5.48. The molecule has 2 aliphatic rings. The zero-order valence-electron chi connectivity index (χ0n) is 13.5. The van der Waals surface area contributed by atoms with Crippen molar-refractivity contribution in [1.29, 1.82) is 0 Å². The molecule has 5 nitrogen and oxygen atoms in total. The van der Waals surface area contributed by atoms with Crippen LogP contribution in [0.2, 0.25) is 0 Å². The van der Waals surface area contributed by atoms with E-state index in [1.165, 1.54) is 18.4 Å². The summed E-state index contributed by atoms with van der Waals surface area (Å²) >= 11 is 0. The van der Waals surface area contributed by atoms with Crippen LogP contribution in [0.4, 0.5) is 5.95 Å². The summed E-state index contributed by atoms with van der Waals surface area (Å²) in [6.07, 6.45) is 4.58. The molecule has 1 saturated carbocycles. The zero-order valence-corrected chi connectivity index (χ0v) is 13.5. The molecule has 3 heterocycles. The van der Waals surface area contributed by atoms with Gasteiger partial charge in [-0.2, -0.15) is 4.98 Å². The minimum atomic E-state index is 0.504. The van der Waals surface area contributed by atoms with Crippen LogP contribution in [-0.2, 0) is 0 Å². The average molecular weight is 319 g/mol. The fraction of sp³-hybridized carbons (Fsp3) is 0.368. The molecule has 24 heavy (non-hydrogen) atoms. The van der Waals surface area contributed by atoms with Gasteiger partial charge in [-0.1, -0.05) is 30.3 Å². The predicted octanol–water partition coefficient (Wildman–Crippen LogP) is 2.81. The summed E-state index contributed by atoms with van der Waals surface area (Å²) in [5.74, 6) is 2.15. The summed E-state index contributed by atoms with van der Waals surface area (Å²) in [6.45, 7) is 2.22. The van der Waals surface area contributed by atoms with E-state index in [1.807, 2.05) is 22.8 Å². The lowest BCUT2D eigenvalue weighted by Crippen LogP contribution is -2.45. The highest BCUT2D eigenvalue weighted by Gasteiger charge is 2.39. The lowest BCUT2D eigenvalue weighted by Gasteiger charge is -2.30. The van der Waals surface area contributed by atoms with Crippen LogP contribution in [0.1, 0.15) is 12.8 Å². The van der Waals surface area contributed by atoms with E-state index in [4.69, 9.17) is 4.98 Å². The number of piperidine rings is 1. The molecule has 0 spiro atoms. The van der Waals surface area contributed by atoms with E-state index in [1.54, 1.807) is 0 Å². The maximum atomic E-state index is 4.80. The Labute approximate surface area is 141 Å². The third kappa shape index (κ3) is 2.27. The van der Waals surface area contributed by atoms with E-state index < -0.39 is 0 Å². The van der Waals surface area contributed by atoms with E-state index in [-0.39, 0.29) is 0 Å². The zero-order chi connectivity index (χ0) is 15.9. The molecule has 3 atom stereocenters. The van der Waals surface area contributed by atoms with Crippen LogP contribution in [0.3, 0.4) is 0 Å². The first kappa shape index (κ1) is 14.0. The smallest absolute Gasteiger partial charge is 0.243 e. The summed E-state index contributed by atoms with van der Waals surface area (Å²) in [5, 5.41) is 11.8. The summed E-state index contributed by atoms with van der Waals surface area (Å²) in [7, 11) is 0. The van der Waals surface area contributed by atoms with Crippen molar-refractivity contribution in [2.45, 2.75) is 18.9 Å². The second-order valence-corrected chi connectivity index (χ2v) is 6.92. The fourth-order valence-electron chi connectivity index (χ4n) is 4.28. The predicted molar refractivity (Wildman–Crippen MR) is 94.9 cm³/mol. The molecule has 2 aromatic heterocycles. The van der Waals surface area contributed by atoms with Crippen molar-refractivity contribution in [3.63, 3.8) is 0 Å². The second kappa shape index (κ2) is 5.60. The van der Waals surface area contributed by atoms with Gasteiger partial charge < -0.3 is 10.6 Å². The van der Waals surface area contributed by atoms with E-state index in [0.717, 1.165) is 30.2 Å². The van der Waals surface area contributed by atoms with Gasteiger partial charge in [0.05, 0.1) is 0 Å². The van der Waals surface area contributed by atoms with Gasteiger partial charge in [0.25, 0.3) is 0 Å². The molecule has 1 aromatic carbocycles. The highest BCUT2D eigenvalue weighted by molar-refractivity contribution is 5.77. The number of fused-ring (bicyclic) bond motifs is 3. The van der Waals surface area contributed by atoms with E-state index in [0.29, 0.717) is 17.9 Å². The molecule has 1 saturated heterocycles. The molecule has 0 unspecified atom stereocenters. The van der Waals surface area contributed by atoms with Gasteiger partial charge in [-0.25, -0.2) is 4.52 Å². The van der Waals surface area contributed by atoms with Crippen LogP contribution in [0.15, 0.2) is 48.7 Å². The Morgan fingerprint density at radius 3 is 2.58 bits per heavy atom. The molecule has 122 valence electrons. The molecule has 0 radical (unpaired) electrons. The van der Waals surface area contributed by atoms with Gasteiger partial charge in [0.1, 0.15) is 0 Å². The number of hydrogen-bond acceptors (Lipinski definition) is 4. The Hall–Kier alpha value is -2.40. The molecule has 2 fully saturated rings. The minimum absolute atomic E-state index is 0.504. The summed E-state index contributed by atoms with van der Waals surface area (Å²) < 4.78 is 1.88. The van der Waals surface area contributed by atoms with E-state index in [2.05, 4.69) is 46.1 Å². The number of nitrogens with zero attached hydrogens (tertiary/aromatic N) is 3. The Morgan fingerprint density at radius 2 is 1.79 bits per heavy atom. The molecular formula is C19H21N5. The Morgan fingerprint density at radius 1 is 1.00 bits per heavy atom. The average Bonchev–Trinajstić information content (AvgIpc) is 3.11. The van der Waals surface area contributed by atoms with Gasteiger partial charge in [-0.15, -0.1) is 5.10 Å². The number of rotatable bonds is 3. The van der Waals surface area contributed by atoms with Gasteiger partial charge in [0.2, 0.25) is 5.95 Å². The molecule has 3 aromatic rings. The van der Waals surface area contributed by atoms with E-state index in [9.17, 15) is 0 Å². The van der Waals surface area contributed by atoms with Crippen LogP contribution >= 0.6 is 0 Å². The molecule has 5 heteroatoms. The van der Waals surface area contributed by atoms with Crippen molar-refractivity contribution >= 4 is 11.6 Å². The molecule has 2 bridgehead atoms. The van der Waals surface area contributed by atoms with Gasteiger partial charge in [-0.05, 0) is 55.5 Å². The van der Waals surface area contributed by atoms with Gasteiger partial charge in [-0.3, -0.25) is 0 Å². The number of benzene rings is 1. The van der Waals surface area contributed by atoms with Gasteiger partial charge >= 0.3 is 0 Å². The second-order valence-electron chi connectivity index (χ2n) is 6.92. The molecule has 1 aliphatic carbocycles. The van der Waals surface area contributed by atoms with Crippen molar-refractivity contribution in [1.82, 2.24) is 19.9 Å². The van der Waals surface area contributed by atoms with Crippen molar-refractivity contribution in [3.8, 4) is 11.1 Å². The SMILES string of the molecule is c1ccc(-c2cccn3nc(N[C@@H]4[C@@H]5CC[C@H]4CNC5)nc23)cc1. The first-order valence-corrected chi connectivity index (χ1v) is 8.76. The highest BCUT2D eigenvalue weighted by atomic mass is 15.4. The topological polar surface area (TPSA) is 54.2 Å². The number of anilines is 1. The first-order valence-electron chi connectivity index (χ1n) is 8.76. The Balaban J connectivity index is 1.50. The maximum Gasteiger partial charge on any atom is 0.243 e. The largest absolute Gasteiger partial charge is 0.350 e. The standard InChI is InChI=1S/C19H21N5/c1-2-5-13(6-3-1)16-7-4-10-24-18(16)22-19(23-24)21-17-14-8-9-15(17)12-20-11-14/h1-7,10,14-15,17,20H,8-9,11-12H2,(H,21,23)/t14-,15+,17-. The summed E-state index contributed by atoms with van der Waals surface area (Å²) in [4.78, 5) is 4.80. The van der Waals surface area contributed by atoms with Crippen molar-refractivity contribution in [2.75, 3.05) is 18.4 Å². The van der Waals surface area contributed by atoms with Crippen LogP contribution in [0.5, 0.6) is 0 Å². The highest BCUT2D eigenvalue weighted by Crippen LogP contribution is 2.35. The molecule has 5 rings (SSSR count). The van der Waals surface area contributed by atoms with Crippen LogP contribution < -0.4 is 10.6 Å². The number of hydrogen-bond donors (Lipinski definition) is 2. The van der Waals surface area contributed by atoms with Crippen LogP contribution in [0.25, 0.3) is 16.8 Å². The lowest BCUT2D eigenvalue weighted by atomic mass is 9.94. The Bertz CT molecular complexity index is 841. The number of nitrogens with one attached hydrogen (secondary N) is 2. The number of pyridine rings is 1. The van der Waals surface area contributed by atoms with Crippen molar-refractivity contribution in [2.24, 2.45) is 11.8 Å². The first-order chi connectivity index (χ1) is 11.9. The monoisotopic (exact) mass is 319 g/mol. The minimum Gasteiger partial charge on any atom is -0.350 e. The van der Waals surface area contributed by atoms with Gasteiger partial charge in [0, 0.05) is 17.8 Å². The van der Waals surface area contributed by atoms with Crippen LogP contribution in [-0.4, -0.2) is 33.7 Å². The fourth-order valence-corrected chi connectivity index (χ4v) is 4.28. The van der Waals surface area contributed by atoms with Crippen molar-refractivity contribution in [3.05, 3.63) is 48.7 Å². The summed E-state index contributed by atoms with van der Waals surface area (Å²) in [5.41, 5.74) is 3.20. The van der Waals surface area contributed by atoms with Crippen molar-refractivity contribution < 1.29 is 0 Å². The Kier molecular flexibility index (Phi) is 3.26. The molecule has 0 amide bonds. The van der Waals surface area contributed by atoms with Crippen LogP contribution in [0, 0.1) is 11.8 Å². The molecular weight excluding hydrogens is 298 g/mol.